The minimum atomic E-state index is -1.11. The number of rotatable bonds is 21. The molecule has 2 atom stereocenters. The number of benzene rings is 5. The molecule has 0 fully saturated rings. The second-order valence-corrected chi connectivity index (χ2v) is 15.8. The summed E-state index contributed by atoms with van der Waals surface area (Å²) in [4.78, 5) is 66.7. The van der Waals surface area contributed by atoms with Crippen molar-refractivity contribution in [3.63, 3.8) is 0 Å². The molecule has 0 aliphatic carbocycles. The first kappa shape index (κ1) is 46.3. The van der Waals surface area contributed by atoms with Gasteiger partial charge >= 0.3 is 18.2 Å². The molecule has 3 amide bonds. The van der Waals surface area contributed by atoms with Gasteiger partial charge in [0.2, 0.25) is 5.91 Å². The number of esters is 1. The second kappa shape index (κ2) is 23.3. The normalized spacial score (nSPS) is 12.2. The van der Waals surface area contributed by atoms with Crippen molar-refractivity contribution in [2.45, 2.75) is 76.3 Å². The molecule has 5 aromatic carbocycles. The number of ketones is 1. The maximum atomic E-state index is 14.0. The molecule has 5 aromatic rings. The fraction of sp³-hybridized carbons (Fsp3) is 0.300. The van der Waals surface area contributed by atoms with Crippen LogP contribution in [0.25, 0.3) is 0 Å². The van der Waals surface area contributed by atoms with E-state index >= 15 is 0 Å². The summed E-state index contributed by atoms with van der Waals surface area (Å²) < 4.78 is 16.4. The summed E-state index contributed by atoms with van der Waals surface area (Å²) in [6, 6.07) is 45.4. The molecule has 0 aliphatic rings. The van der Waals surface area contributed by atoms with Gasteiger partial charge in [0.1, 0.15) is 18.2 Å². The molecule has 0 spiro atoms. The molecule has 0 aliphatic heterocycles. The number of nitrogens with one attached hydrogen (secondary N) is 4. The summed E-state index contributed by atoms with van der Waals surface area (Å²) >= 11 is 0. The quantitative estimate of drug-likeness (QED) is 0.0256. The lowest BCUT2D eigenvalue weighted by Gasteiger charge is -2.36. The van der Waals surface area contributed by atoms with E-state index in [1.165, 1.54) is 0 Å². The Kier molecular flexibility index (Phi) is 17.4. The highest BCUT2D eigenvalue weighted by Crippen LogP contribution is 2.36. The summed E-state index contributed by atoms with van der Waals surface area (Å²) in [6.07, 6.45) is -0.234. The van der Waals surface area contributed by atoms with Gasteiger partial charge in [-0.2, -0.15) is 0 Å². The molecule has 324 valence electrons. The summed E-state index contributed by atoms with van der Waals surface area (Å²) in [5, 5.41) is 11.7. The van der Waals surface area contributed by atoms with Gasteiger partial charge in [-0.3, -0.25) is 19.7 Å². The van der Waals surface area contributed by atoms with Crippen LogP contribution < -0.4 is 21.3 Å². The van der Waals surface area contributed by atoms with Crippen molar-refractivity contribution in [1.29, 1.82) is 0 Å². The largest absolute Gasteiger partial charge is 0.457 e. The van der Waals surface area contributed by atoms with Crippen molar-refractivity contribution in [2.75, 3.05) is 19.7 Å². The second-order valence-electron chi connectivity index (χ2n) is 15.8. The molecule has 0 saturated carbocycles. The molecular weight excluding hydrogens is 785 g/mol. The monoisotopic (exact) mass is 840 g/mol. The van der Waals surface area contributed by atoms with E-state index in [0.717, 1.165) is 27.8 Å². The lowest BCUT2D eigenvalue weighted by molar-refractivity contribution is -0.148. The molecule has 62 heavy (non-hydrogen) atoms. The Hall–Kier alpha value is -6.79. The van der Waals surface area contributed by atoms with Gasteiger partial charge in [0.15, 0.2) is 12.4 Å². The SMILES string of the molecule is CC(C)(C)OC(=O)NCCCCC(NC(=O)C(Cc1ccccc1)NC(=O)OCc1ccccc1)C(=O)COC(=O)CNC(c1ccccc1)(c1ccccc1)c1ccccc1. The molecular formula is C50H56N4O8. The number of hydrogen-bond acceptors (Lipinski definition) is 9. The Bertz CT molecular complexity index is 2070. The van der Waals surface area contributed by atoms with Crippen LogP contribution in [0.4, 0.5) is 9.59 Å². The van der Waals surface area contributed by atoms with E-state index in [1.54, 1.807) is 20.8 Å². The third kappa shape index (κ3) is 14.4. The Morgan fingerprint density at radius 2 is 1.06 bits per heavy atom. The van der Waals surface area contributed by atoms with Crippen LogP contribution in [0.2, 0.25) is 0 Å². The van der Waals surface area contributed by atoms with Crippen molar-refractivity contribution in [3.8, 4) is 0 Å². The summed E-state index contributed by atoms with van der Waals surface area (Å²) in [5.41, 5.74) is 2.62. The first-order valence-corrected chi connectivity index (χ1v) is 20.8. The Morgan fingerprint density at radius 1 is 0.565 bits per heavy atom. The van der Waals surface area contributed by atoms with Gasteiger partial charge in [0.05, 0.1) is 18.1 Å². The summed E-state index contributed by atoms with van der Waals surface area (Å²) in [7, 11) is 0. The smallest absolute Gasteiger partial charge is 0.408 e. The molecule has 0 radical (unpaired) electrons. The molecule has 4 N–H and O–H groups in total. The molecule has 12 heteroatoms. The summed E-state index contributed by atoms with van der Waals surface area (Å²) in [5.74, 6) is -1.85. The number of ether oxygens (including phenoxy) is 3. The molecule has 5 rings (SSSR count). The van der Waals surface area contributed by atoms with E-state index in [4.69, 9.17) is 14.2 Å². The van der Waals surface area contributed by atoms with Crippen LogP contribution in [0, 0.1) is 0 Å². The van der Waals surface area contributed by atoms with E-state index in [9.17, 15) is 24.0 Å². The summed E-state index contributed by atoms with van der Waals surface area (Å²) in [6.45, 7) is 4.69. The number of Topliss-reactive ketones (excluding diaryl/α,β-unsaturated/α-hetero) is 1. The number of carbonyl (C=O) groups is 5. The van der Waals surface area contributed by atoms with Crippen LogP contribution in [0.3, 0.4) is 0 Å². The first-order valence-electron chi connectivity index (χ1n) is 20.8. The van der Waals surface area contributed by atoms with Crippen molar-refractivity contribution in [3.05, 3.63) is 179 Å². The van der Waals surface area contributed by atoms with Crippen LogP contribution in [-0.4, -0.2) is 67.2 Å². The van der Waals surface area contributed by atoms with Gasteiger partial charge in [0.25, 0.3) is 0 Å². The van der Waals surface area contributed by atoms with Crippen LogP contribution in [0.15, 0.2) is 152 Å². The fourth-order valence-corrected chi connectivity index (χ4v) is 6.91. The highest BCUT2D eigenvalue weighted by Gasteiger charge is 2.37. The van der Waals surface area contributed by atoms with Crippen molar-refractivity contribution >= 4 is 29.8 Å². The zero-order chi connectivity index (χ0) is 44.2. The number of unbranched alkanes of at least 4 members (excludes halogenated alkanes) is 1. The third-order valence-electron chi connectivity index (χ3n) is 9.89. The predicted octanol–water partition coefficient (Wildman–Crippen LogP) is 7.40. The van der Waals surface area contributed by atoms with Crippen LogP contribution in [-0.2, 0) is 47.2 Å². The van der Waals surface area contributed by atoms with Gasteiger partial charge in [-0.1, -0.05) is 152 Å². The number of carbonyl (C=O) groups excluding carboxylic acids is 5. The molecule has 0 aromatic heterocycles. The van der Waals surface area contributed by atoms with Crippen LogP contribution in [0.1, 0.15) is 67.9 Å². The zero-order valence-electron chi connectivity index (χ0n) is 35.5. The number of alkyl carbamates (subject to hydrolysis) is 2. The van der Waals surface area contributed by atoms with Crippen molar-refractivity contribution in [1.82, 2.24) is 21.3 Å². The molecule has 0 bridgehead atoms. The topological polar surface area (TPSA) is 161 Å². The minimum absolute atomic E-state index is 0.00577. The van der Waals surface area contributed by atoms with E-state index in [2.05, 4.69) is 21.3 Å². The lowest BCUT2D eigenvalue weighted by Crippen LogP contribution is -2.53. The van der Waals surface area contributed by atoms with Gasteiger partial charge in [-0.15, -0.1) is 0 Å². The Labute approximate surface area is 363 Å². The maximum Gasteiger partial charge on any atom is 0.408 e. The van der Waals surface area contributed by atoms with Gasteiger partial charge < -0.3 is 30.2 Å². The Balaban J connectivity index is 1.29. The highest BCUT2D eigenvalue weighted by atomic mass is 16.6. The standard InChI is InChI=1S/C50H56N4O8/c1-49(2,3)62-47(58)51-32-20-19-31-42(53-46(57)43(33-37-21-9-4-10-22-37)54-48(59)61-35-38-23-11-5-12-24-38)44(55)36-60-45(56)34-52-50(39-25-13-6-14-26-39,40-27-15-7-16-28-40)41-29-17-8-18-30-41/h4-18,21-30,42-43,52H,19-20,31-36H2,1-3H3,(H,51,58)(H,53,57)(H,54,59). The first-order chi connectivity index (χ1) is 29.9. The molecule has 0 saturated heterocycles. The average molecular weight is 841 g/mol. The number of amides is 3. The van der Waals surface area contributed by atoms with Gasteiger partial charge in [0, 0.05) is 13.0 Å². The zero-order valence-corrected chi connectivity index (χ0v) is 35.5. The highest BCUT2D eigenvalue weighted by molar-refractivity contribution is 5.93. The maximum absolute atomic E-state index is 14.0. The van der Waals surface area contributed by atoms with Gasteiger partial charge in [-0.25, -0.2) is 9.59 Å². The number of hydrogen-bond donors (Lipinski definition) is 4. The van der Waals surface area contributed by atoms with E-state index in [0.29, 0.717) is 12.8 Å². The predicted molar refractivity (Wildman–Crippen MR) is 237 cm³/mol. The lowest BCUT2D eigenvalue weighted by atomic mass is 9.77. The van der Waals surface area contributed by atoms with Crippen LogP contribution >= 0.6 is 0 Å². The minimum Gasteiger partial charge on any atom is -0.457 e. The van der Waals surface area contributed by atoms with Crippen molar-refractivity contribution < 1.29 is 38.2 Å². The van der Waals surface area contributed by atoms with Gasteiger partial charge in [-0.05, 0) is 67.9 Å². The van der Waals surface area contributed by atoms with Crippen molar-refractivity contribution in [2.24, 2.45) is 0 Å². The average Bonchev–Trinajstić information content (AvgIpc) is 3.28. The third-order valence-corrected chi connectivity index (χ3v) is 9.89. The van der Waals surface area contributed by atoms with E-state index in [-0.39, 0.29) is 32.5 Å². The molecule has 12 nitrogen and oxygen atoms in total. The van der Waals surface area contributed by atoms with E-state index < -0.39 is 59.7 Å². The Morgan fingerprint density at radius 3 is 1.58 bits per heavy atom. The van der Waals surface area contributed by atoms with Crippen LogP contribution in [0.5, 0.6) is 0 Å². The molecule has 2 unspecified atom stereocenters. The van der Waals surface area contributed by atoms with E-state index in [1.807, 2.05) is 152 Å². The molecule has 0 heterocycles. The fourth-order valence-electron chi connectivity index (χ4n) is 6.91.